The van der Waals surface area contributed by atoms with E-state index in [1.165, 1.54) is 25.7 Å². The maximum atomic E-state index is 11.8. The minimum Gasteiger partial charge on any atom is -0.354 e. The largest absolute Gasteiger partial charge is 0.354 e. The molecule has 0 spiro atoms. The van der Waals surface area contributed by atoms with Crippen LogP contribution in [0, 0.1) is 5.92 Å². The van der Waals surface area contributed by atoms with E-state index in [1.54, 1.807) is 0 Å². The first kappa shape index (κ1) is 13.8. The van der Waals surface area contributed by atoms with Crippen LogP contribution in [-0.2, 0) is 4.79 Å². The Hall–Kier alpha value is -0.610. The molecule has 0 aromatic carbocycles. The second kappa shape index (κ2) is 6.02. The summed E-state index contributed by atoms with van der Waals surface area (Å²) in [5, 5.41) is 3.04. The molecule has 0 aromatic heterocycles. The van der Waals surface area contributed by atoms with Gasteiger partial charge in [0.05, 0.1) is 6.04 Å². The molecule has 2 rings (SSSR count). The van der Waals surface area contributed by atoms with Crippen molar-refractivity contribution in [2.24, 2.45) is 11.7 Å². The van der Waals surface area contributed by atoms with Gasteiger partial charge in [0.15, 0.2) is 0 Å². The first-order valence-electron chi connectivity index (χ1n) is 7.37. The number of fused-ring (bicyclic) bond motifs is 2. The summed E-state index contributed by atoms with van der Waals surface area (Å²) in [6.07, 6.45) is 6.88. The number of rotatable bonds is 5. The summed E-state index contributed by atoms with van der Waals surface area (Å²) < 4.78 is 0. The van der Waals surface area contributed by atoms with E-state index >= 15 is 0 Å². The highest BCUT2D eigenvalue weighted by Crippen LogP contribution is 2.36. The lowest BCUT2D eigenvalue weighted by Gasteiger charge is -2.36. The van der Waals surface area contributed by atoms with Crippen LogP contribution < -0.4 is 11.1 Å². The van der Waals surface area contributed by atoms with Crippen LogP contribution >= 0.6 is 0 Å². The standard InChI is InChI=1S/C14H27N3O/c1-3-4-13(15)14(18)16-9-10-7-11-5-6-12(8-10)17(11)2/h10-13H,3-9,15H2,1-2H3,(H,16,18). The van der Waals surface area contributed by atoms with Gasteiger partial charge in [0.25, 0.3) is 0 Å². The molecule has 2 aliphatic heterocycles. The average Bonchev–Trinajstić information content (AvgIpc) is 2.59. The van der Waals surface area contributed by atoms with E-state index in [1.807, 2.05) is 0 Å². The van der Waals surface area contributed by atoms with Crippen molar-refractivity contribution in [3.63, 3.8) is 0 Å². The highest BCUT2D eigenvalue weighted by molar-refractivity contribution is 5.81. The lowest BCUT2D eigenvalue weighted by molar-refractivity contribution is -0.122. The van der Waals surface area contributed by atoms with Gasteiger partial charge >= 0.3 is 0 Å². The van der Waals surface area contributed by atoms with Gasteiger partial charge in [0.1, 0.15) is 0 Å². The molecule has 3 N–H and O–H groups in total. The normalized spacial score (nSPS) is 33.4. The maximum Gasteiger partial charge on any atom is 0.236 e. The van der Waals surface area contributed by atoms with Crippen molar-refractivity contribution in [1.29, 1.82) is 0 Å². The summed E-state index contributed by atoms with van der Waals surface area (Å²) in [5.41, 5.74) is 5.81. The van der Waals surface area contributed by atoms with Crippen LogP contribution in [-0.4, -0.2) is 42.5 Å². The zero-order valence-corrected chi connectivity index (χ0v) is 11.7. The number of carbonyl (C=O) groups is 1. The number of nitrogens with two attached hydrogens (primary N) is 1. The van der Waals surface area contributed by atoms with Crippen molar-refractivity contribution in [3.8, 4) is 0 Å². The first-order valence-corrected chi connectivity index (χ1v) is 7.37. The monoisotopic (exact) mass is 253 g/mol. The zero-order chi connectivity index (χ0) is 13.1. The van der Waals surface area contributed by atoms with Crippen LogP contribution in [0.1, 0.15) is 45.4 Å². The predicted octanol–water partition coefficient (Wildman–Crippen LogP) is 1.10. The second-order valence-electron chi connectivity index (χ2n) is 6.03. The molecule has 4 heteroatoms. The summed E-state index contributed by atoms with van der Waals surface area (Å²) in [7, 11) is 2.24. The van der Waals surface area contributed by atoms with Crippen LogP contribution in [0.2, 0.25) is 0 Å². The van der Waals surface area contributed by atoms with Gasteiger partial charge in [0, 0.05) is 18.6 Å². The molecule has 2 aliphatic rings. The number of amides is 1. The van der Waals surface area contributed by atoms with Crippen molar-refractivity contribution in [2.75, 3.05) is 13.6 Å². The minimum atomic E-state index is -0.321. The van der Waals surface area contributed by atoms with Gasteiger partial charge in [-0.25, -0.2) is 0 Å². The molecule has 3 atom stereocenters. The van der Waals surface area contributed by atoms with E-state index in [4.69, 9.17) is 5.73 Å². The van der Waals surface area contributed by atoms with E-state index in [9.17, 15) is 4.79 Å². The van der Waals surface area contributed by atoms with E-state index in [2.05, 4.69) is 24.2 Å². The van der Waals surface area contributed by atoms with Crippen molar-refractivity contribution in [1.82, 2.24) is 10.2 Å². The number of nitrogens with zero attached hydrogens (tertiary/aromatic N) is 1. The molecule has 0 radical (unpaired) electrons. The fourth-order valence-corrected chi connectivity index (χ4v) is 3.51. The van der Waals surface area contributed by atoms with E-state index < -0.39 is 0 Å². The molecule has 104 valence electrons. The SMILES string of the molecule is CCCC(N)C(=O)NCC1CC2CCC(C1)N2C. The van der Waals surface area contributed by atoms with Gasteiger partial charge in [-0.15, -0.1) is 0 Å². The summed E-state index contributed by atoms with van der Waals surface area (Å²) in [5.74, 6) is 0.680. The van der Waals surface area contributed by atoms with Crippen molar-refractivity contribution < 1.29 is 4.79 Å². The van der Waals surface area contributed by atoms with Crippen molar-refractivity contribution in [2.45, 2.75) is 63.6 Å². The molecular weight excluding hydrogens is 226 g/mol. The van der Waals surface area contributed by atoms with Gasteiger partial charge in [0.2, 0.25) is 5.91 Å². The van der Waals surface area contributed by atoms with Gasteiger partial charge in [-0.05, 0) is 45.1 Å². The summed E-state index contributed by atoms with van der Waals surface area (Å²) in [6.45, 7) is 2.87. The molecule has 0 aromatic rings. The molecule has 3 unspecified atom stereocenters. The quantitative estimate of drug-likeness (QED) is 0.771. The fraction of sp³-hybridized carbons (Fsp3) is 0.929. The van der Waals surface area contributed by atoms with Gasteiger partial charge in [-0.2, -0.15) is 0 Å². The molecular formula is C14H27N3O. The number of carbonyl (C=O) groups excluding carboxylic acids is 1. The van der Waals surface area contributed by atoms with E-state index in [0.717, 1.165) is 31.5 Å². The highest BCUT2D eigenvalue weighted by atomic mass is 16.2. The Balaban J connectivity index is 1.73. The smallest absolute Gasteiger partial charge is 0.236 e. The van der Waals surface area contributed by atoms with E-state index in [-0.39, 0.29) is 11.9 Å². The molecule has 0 aliphatic carbocycles. The second-order valence-corrected chi connectivity index (χ2v) is 6.03. The van der Waals surface area contributed by atoms with Crippen molar-refractivity contribution >= 4 is 5.91 Å². The molecule has 2 bridgehead atoms. The predicted molar refractivity (Wildman–Crippen MR) is 73.2 cm³/mol. The minimum absolute atomic E-state index is 0.0307. The van der Waals surface area contributed by atoms with Crippen LogP contribution in [0.4, 0.5) is 0 Å². The number of piperidine rings is 1. The molecule has 2 saturated heterocycles. The Bertz CT molecular complexity index is 281. The third kappa shape index (κ3) is 3.04. The van der Waals surface area contributed by atoms with Crippen LogP contribution in [0.3, 0.4) is 0 Å². The van der Waals surface area contributed by atoms with Crippen LogP contribution in [0.5, 0.6) is 0 Å². The first-order chi connectivity index (χ1) is 8.61. The highest BCUT2D eigenvalue weighted by Gasteiger charge is 2.38. The fourth-order valence-electron chi connectivity index (χ4n) is 3.51. The summed E-state index contributed by atoms with van der Waals surface area (Å²) in [6, 6.07) is 1.17. The number of hydrogen-bond donors (Lipinski definition) is 2. The Labute approximate surface area is 110 Å². The topological polar surface area (TPSA) is 58.4 Å². The zero-order valence-electron chi connectivity index (χ0n) is 11.7. The third-order valence-corrected chi connectivity index (χ3v) is 4.70. The lowest BCUT2D eigenvalue weighted by atomic mass is 9.91. The van der Waals surface area contributed by atoms with E-state index in [0.29, 0.717) is 5.92 Å². The summed E-state index contributed by atoms with van der Waals surface area (Å²) >= 11 is 0. The maximum absolute atomic E-state index is 11.8. The molecule has 1 amide bonds. The lowest BCUT2D eigenvalue weighted by Crippen LogP contribution is -2.46. The van der Waals surface area contributed by atoms with Crippen LogP contribution in [0.15, 0.2) is 0 Å². The van der Waals surface area contributed by atoms with Crippen LogP contribution in [0.25, 0.3) is 0 Å². The van der Waals surface area contributed by atoms with Gasteiger partial charge in [-0.3, -0.25) is 4.79 Å². The Morgan fingerprint density at radius 1 is 1.39 bits per heavy atom. The Morgan fingerprint density at radius 2 is 2.00 bits per heavy atom. The molecule has 4 nitrogen and oxygen atoms in total. The summed E-state index contributed by atoms with van der Waals surface area (Å²) in [4.78, 5) is 14.3. The Kier molecular flexibility index (Phi) is 4.62. The number of nitrogens with one attached hydrogen (secondary N) is 1. The molecule has 2 fully saturated rings. The molecule has 2 heterocycles. The van der Waals surface area contributed by atoms with Gasteiger partial charge < -0.3 is 16.0 Å². The average molecular weight is 253 g/mol. The van der Waals surface area contributed by atoms with Gasteiger partial charge in [-0.1, -0.05) is 13.3 Å². The number of hydrogen-bond acceptors (Lipinski definition) is 3. The van der Waals surface area contributed by atoms with Crippen molar-refractivity contribution in [3.05, 3.63) is 0 Å². The molecule has 18 heavy (non-hydrogen) atoms. The third-order valence-electron chi connectivity index (χ3n) is 4.70. The molecule has 0 saturated carbocycles. The Morgan fingerprint density at radius 3 is 2.56 bits per heavy atom.